The van der Waals surface area contributed by atoms with E-state index in [0.29, 0.717) is 10.0 Å². The van der Waals surface area contributed by atoms with Crippen LogP contribution in [0, 0.1) is 6.92 Å². The number of thioether (sulfide) groups is 1. The maximum absolute atomic E-state index is 13.1. The number of nitrogens with one attached hydrogen (secondary N) is 1. The Morgan fingerprint density at radius 3 is 2.31 bits per heavy atom. The van der Waals surface area contributed by atoms with Gasteiger partial charge in [0.15, 0.2) is 0 Å². The second-order valence-electron chi connectivity index (χ2n) is 7.20. The fourth-order valence-electron chi connectivity index (χ4n) is 2.68. The summed E-state index contributed by atoms with van der Waals surface area (Å²) in [6.07, 6.45) is 0. The third-order valence-corrected chi connectivity index (χ3v) is 5.92. The van der Waals surface area contributed by atoms with Crippen molar-refractivity contribution < 1.29 is 9.59 Å². The number of nitrogens with zero attached hydrogens (tertiary/aromatic N) is 1. The molecule has 2 rings (SSSR count). The molecular formula is C22H26Cl2N2O2S. The molecule has 0 saturated carbocycles. The fraction of sp³-hybridized carbons (Fsp3) is 0.364. The van der Waals surface area contributed by atoms with Gasteiger partial charge in [0, 0.05) is 27.5 Å². The number of halogens is 2. The Kier molecular flexibility index (Phi) is 8.87. The van der Waals surface area contributed by atoms with Crippen LogP contribution >= 0.6 is 35.0 Å². The molecule has 0 aromatic heterocycles. The highest BCUT2D eigenvalue weighted by Crippen LogP contribution is 2.25. The second-order valence-corrected chi connectivity index (χ2v) is 9.09. The zero-order valence-corrected chi connectivity index (χ0v) is 19.4. The number of rotatable bonds is 8. The SMILES string of the molecule is Cc1ccc(SCC(=O)N(Cc2ccc(Cl)cc2Cl)[C@H](C)C(=O)NC(C)C)cc1. The van der Waals surface area contributed by atoms with Gasteiger partial charge < -0.3 is 10.2 Å². The monoisotopic (exact) mass is 452 g/mol. The minimum atomic E-state index is -0.629. The lowest BCUT2D eigenvalue weighted by atomic mass is 10.1. The molecule has 1 N–H and O–H groups in total. The van der Waals surface area contributed by atoms with Crippen LogP contribution in [0.2, 0.25) is 10.0 Å². The van der Waals surface area contributed by atoms with Crippen LogP contribution in [-0.2, 0) is 16.1 Å². The summed E-state index contributed by atoms with van der Waals surface area (Å²) in [5, 5.41) is 3.87. The summed E-state index contributed by atoms with van der Waals surface area (Å²) in [4.78, 5) is 28.2. The van der Waals surface area contributed by atoms with Gasteiger partial charge in [-0.2, -0.15) is 0 Å². The van der Waals surface area contributed by atoms with E-state index in [-0.39, 0.29) is 30.2 Å². The van der Waals surface area contributed by atoms with Crippen LogP contribution in [0.3, 0.4) is 0 Å². The van der Waals surface area contributed by atoms with E-state index in [1.807, 2.05) is 45.0 Å². The van der Waals surface area contributed by atoms with Gasteiger partial charge in [-0.15, -0.1) is 11.8 Å². The predicted octanol–water partition coefficient (Wildman–Crippen LogP) is 5.34. The molecule has 0 unspecified atom stereocenters. The summed E-state index contributed by atoms with van der Waals surface area (Å²) in [6.45, 7) is 7.76. The van der Waals surface area contributed by atoms with Crippen LogP contribution in [0.25, 0.3) is 0 Å². The zero-order chi connectivity index (χ0) is 21.6. The zero-order valence-electron chi connectivity index (χ0n) is 17.0. The van der Waals surface area contributed by atoms with E-state index in [9.17, 15) is 9.59 Å². The molecule has 156 valence electrons. The van der Waals surface area contributed by atoms with E-state index in [4.69, 9.17) is 23.2 Å². The first-order valence-corrected chi connectivity index (χ1v) is 11.1. The van der Waals surface area contributed by atoms with Crippen LogP contribution in [0.4, 0.5) is 0 Å². The molecule has 2 aromatic rings. The second kappa shape index (κ2) is 10.9. The van der Waals surface area contributed by atoms with Crippen molar-refractivity contribution in [1.29, 1.82) is 0 Å². The number of benzene rings is 2. The molecule has 7 heteroatoms. The normalized spacial score (nSPS) is 12.0. The van der Waals surface area contributed by atoms with Gasteiger partial charge in [0.25, 0.3) is 0 Å². The van der Waals surface area contributed by atoms with Crippen molar-refractivity contribution in [1.82, 2.24) is 10.2 Å². The standard InChI is InChI=1S/C22H26Cl2N2O2S/c1-14(2)25-22(28)16(4)26(12-17-7-8-18(23)11-20(17)24)21(27)13-29-19-9-5-15(3)6-10-19/h5-11,14,16H,12-13H2,1-4H3,(H,25,28)/t16-/m1/s1. The predicted molar refractivity (Wildman–Crippen MR) is 122 cm³/mol. The molecule has 0 bridgehead atoms. The van der Waals surface area contributed by atoms with Crippen molar-refractivity contribution in [2.45, 2.75) is 51.2 Å². The Morgan fingerprint density at radius 2 is 1.72 bits per heavy atom. The van der Waals surface area contributed by atoms with Crippen molar-refractivity contribution in [3.8, 4) is 0 Å². The van der Waals surface area contributed by atoms with E-state index in [0.717, 1.165) is 10.5 Å². The quantitative estimate of drug-likeness (QED) is 0.550. The smallest absolute Gasteiger partial charge is 0.242 e. The van der Waals surface area contributed by atoms with Gasteiger partial charge in [0.1, 0.15) is 6.04 Å². The molecule has 0 spiro atoms. The molecule has 0 radical (unpaired) electrons. The lowest BCUT2D eigenvalue weighted by molar-refractivity contribution is -0.138. The van der Waals surface area contributed by atoms with Crippen molar-refractivity contribution >= 4 is 46.8 Å². The lowest BCUT2D eigenvalue weighted by Gasteiger charge is -2.29. The molecule has 2 aromatic carbocycles. The van der Waals surface area contributed by atoms with Gasteiger partial charge in [-0.1, -0.05) is 47.0 Å². The lowest BCUT2D eigenvalue weighted by Crippen LogP contribution is -2.49. The molecule has 0 aliphatic rings. The minimum absolute atomic E-state index is 0.0112. The molecule has 0 saturated heterocycles. The molecule has 4 nitrogen and oxygen atoms in total. The topological polar surface area (TPSA) is 49.4 Å². The Morgan fingerprint density at radius 1 is 1.07 bits per heavy atom. The van der Waals surface area contributed by atoms with E-state index < -0.39 is 6.04 Å². The summed E-state index contributed by atoms with van der Waals surface area (Å²) < 4.78 is 0. The number of amides is 2. The maximum atomic E-state index is 13.1. The number of hydrogen-bond acceptors (Lipinski definition) is 3. The first-order valence-electron chi connectivity index (χ1n) is 9.40. The summed E-state index contributed by atoms with van der Waals surface area (Å²) in [7, 11) is 0. The first kappa shape index (κ1) is 23.6. The molecule has 0 aliphatic carbocycles. The summed E-state index contributed by atoms with van der Waals surface area (Å²) >= 11 is 13.7. The Balaban J connectivity index is 2.18. The summed E-state index contributed by atoms with van der Waals surface area (Å²) in [5.41, 5.74) is 1.91. The maximum Gasteiger partial charge on any atom is 0.242 e. The highest BCUT2D eigenvalue weighted by molar-refractivity contribution is 8.00. The highest BCUT2D eigenvalue weighted by atomic mass is 35.5. The van der Waals surface area contributed by atoms with E-state index in [1.165, 1.54) is 17.3 Å². The van der Waals surface area contributed by atoms with E-state index in [2.05, 4.69) is 5.32 Å². The first-order chi connectivity index (χ1) is 13.7. The molecule has 0 aliphatic heterocycles. The van der Waals surface area contributed by atoms with Crippen LogP contribution in [0.5, 0.6) is 0 Å². The molecule has 29 heavy (non-hydrogen) atoms. The van der Waals surface area contributed by atoms with Crippen LogP contribution in [0.15, 0.2) is 47.4 Å². The largest absolute Gasteiger partial charge is 0.352 e. The number of carbonyl (C=O) groups is 2. The van der Waals surface area contributed by atoms with Crippen LogP contribution in [0.1, 0.15) is 31.9 Å². The number of aryl methyl sites for hydroxylation is 1. The van der Waals surface area contributed by atoms with Gasteiger partial charge in [-0.3, -0.25) is 9.59 Å². The third-order valence-electron chi connectivity index (χ3n) is 4.34. The van der Waals surface area contributed by atoms with Gasteiger partial charge in [-0.25, -0.2) is 0 Å². The van der Waals surface area contributed by atoms with Gasteiger partial charge in [-0.05, 0) is 57.5 Å². The highest BCUT2D eigenvalue weighted by Gasteiger charge is 2.27. The van der Waals surface area contributed by atoms with Crippen molar-refractivity contribution in [2.24, 2.45) is 0 Å². The third kappa shape index (κ3) is 7.25. The van der Waals surface area contributed by atoms with Gasteiger partial charge in [0.2, 0.25) is 11.8 Å². The number of carbonyl (C=O) groups excluding carboxylic acids is 2. The Hall–Kier alpha value is -1.69. The van der Waals surface area contributed by atoms with Gasteiger partial charge in [0.05, 0.1) is 5.75 Å². The van der Waals surface area contributed by atoms with Crippen LogP contribution < -0.4 is 5.32 Å². The average Bonchev–Trinajstić information content (AvgIpc) is 2.65. The summed E-state index contributed by atoms with van der Waals surface area (Å²) in [5.74, 6) is -0.0973. The van der Waals surface area contributed by atoms with Crippen molar-refractivity contribution in [3.05, 3.63) is 63.6 Å². The Bertz CT molecular complexity index is 856. The molecule has 0 fully saturated rings. The van der Waals surface area contributed by atoms with Gasteiger partial charge >= 0.3 is 0 Å². The molecule has 1 atom stereocenters. The average molecular weight is 453 g/mol. The van der Waals surface area contributed by atoms with Crippen LogP contribution in [-0.4, -0.2) is 34.6 Å². The minimum Gasteiger partial charge on any atom is -0.352 e. The fourth-order valence-corrected chi connectivity index (χ4v) is 3.94. The summed E-state index contributed by atoms with van der Waals surface area (Å²) in [6, 6.07) is 12.5. The molecule has 0 heterocycles. The molecular weight excluding hydrogens is 427 g/mol. The molecule has 2 amide bonds. The Labute approximate surface area is 187 Å². The van der Waals surface area contributed by atoms with E-state index >= 15 is 0 Å². The van der Waals surface area contributed by atoms with E-state index in [1.54, 1.807) is 30.0 Å². The number of hydrogen-bond donors (Lipinski definition) is 1. The van der Waals surface area contributed by atoms with Crippen molar-refractivity contribution in [2.75, 3.05) is 5.75 Å². The van der Waals surface area contributed by atoms with Crippen molar-refractivity contribution in [3.63, 3.8) is 0 Å².